The van der Waals surface area contributed by atoms with Gasteiger partial charge in [0.2, 0.25) is 0 Å². The van der Waals surface area contributed by atoms with Crippen molar-refractivity contribution in [2.45, 2.75) is 18.9 Å². The molecule has 0 aliphatic carbocycles. The summed E-state index contributed by atoms with van der Waals surface area (Å²) in [5.74, 6) is 1.13. The maximum atomic E-state index is 12.8. The molecule has 0 radical (unpaired) electrons. The average Bonchev–Trinajstić information content (AvgIpc) is 3.34. The van der Waals surface area contributed by atoms with E-state index in [-0.39, 0.29) is 17.6 Å². The van der Waals surface area contributed by atoms with Crippen molar-refractivity contribution < 1.29 is 13.7 Å². The quantitative estimate of drug-likeness (QED) is 0.699. The van der Waals surface area contributed by atoms with E-state index in [2.05, 4.69) is 5.16 Å². The van der Waals surface area contributed by atoms with Gasteiger partial charge in [0, 0.05) is 18.2 Å². The molecule has 1 aliphatic rings. The zero-order valence-electron chi connectivity index (χ0n) is 12.8. The van der Waals surface area contributed by atoms with Gasteiger partial charge in [0.25, 0.3) is 5.91 Å². The second-order valence-electron chi connectivity index (χ2n) is 5.73. The molecule has 122 valence electrons. The monoisotopic (exact) mass is 342 g/mol. The van der Waals surface area contributed by atoms with Crippen LogP contribution in [0.5, 0.6) is 0 Å². The molecule has 3 heterocycles. The topological polar surface area (TPSA) is 59.5 Å². The van der Waals surface area contributed by atoms with Gasteiger partial charge >= 0.3 is 0 Å². The van der Waals surface area contributed by atoms with Crippen LogP contribution in [-0.4, -0.2) is 22.5 Å². The third kappa shape index (κ3) is 2.61. The lowest BCUT2D eigenvalue weighted by Gasteiger charge is -2.21. The number of furan rings is 1. The van der Waals surface area contributed by atoms with Gasteiger partial charge < -0.3 is 13.8 Å². The molecule has 4 rings (SSSR count). The molecular formula is C18H15ClN2O3. The molecule has 6 heteroatoms. The number of aromatic nitrogens is 1. The van der Waals surface area contributed by atoms with Crippen molar-refractivity contribution >= 4 is 17.5 Å². The molecule has 1 amide bonds. The highest BCUT2D eigenvalue weighted by Crippen LogP contribution is 2.34. The number of carbonyl (C=O) groups is 1. The first-order valence-corrected chi connectivity index (χ1v) is 8.18. The van der Waals surface area contributed by atoms with Gasteiger partial charge in [-0.15, -0.1) is 0 Å². The fraction of sp³-hybridized carbons (Fsp3) is 0.222. The number of hydrogen-bond donors (Lipinski definition) is 0. The Morgan fingerprint density at radius 2 is 2.12 bits per heavy atom. The summed E-state index contributed by atoms with van der Waals surface area (Å²) in [6.45, 7) is 0.679. The van der Waals surface area contributed by atoms with Crippen molar-refractivity contribution in [2.75, 3.05) is 6.54 Å². The highest BCUT2D eigenvalue weighted by molar-refractivity contribution is 6.33. The van der Waals surface area contributed by atoms with Crippen molar-refractivity contribution in [2.24, 2.45) is 0 Å². The van der Waals surface area contributed by atoms with E-state index in [1.807, 2.05) is 30.3 Å². The van der Waals surface area contributed by atoms with Gasteiger partial charge in [-0.3, -0.25) is 4.79 Å². The predicted octanol–water partition coefficient (Wildman–Crippen LogP) is 4.57. The minimum Gasteiger partial charge on any atom is -0.467 e. The Morgan fingerprint density at radius 1 is 1.25 bits per heavy atom. The lowest BCUT2D eigenvalue weighted by Crippen LogP contribution is -2.30. The maximum absolute atomic E-state index is 12.8. The van der Waals surface area contributed by atoms with E-state index < -0.39 is 0 Å². The fourth-order valence-electron chi connectivity index (χ4n) is 3.10. The van der Waals surface area contributed by atoms with Gasteiger partial charge in [0.15, 0.2) is 11.5 Å². The molecule has 1 saturated heterocycles. The molecule has 5 nitrogen and oxygen atoms in total. The SMILES string of the molecule is O=C(c1cc(-c2ccccc2Cl)on1)N1CCCC1c1ccco1. The number of benzene rings is 1. The Hall–Kier alpha value is -2.53. The van der Waals surface area contributed by atoms with Gasteiger partial charge in [-0.1, -0.05) is 28.9 Å². The zero-order chi connectivity index (χ0) is 16.5. The van der Waals surface area contributed by atoms with Gasteiger partial charge in [0.1, 0.15) is 5.76 Å². The number of rotatable bonds is 3. The van der Waals surface area contributed by atoms with Crippen LogP contribution in [0.4, 0.5) is 0 Å². The third-order valence-electron chi connectivity index (χ3n) is 4.25. The lowest BCUT2D eigenvalue weighted by atomic mass is 10.1. The maximum Gasteiger partial charge on any atom is 0.276 e. The minimum atomic E-state index is -0.157. The summed E-state index contributed by atoms with van der Waals surface area (Å²) >= 11 is 6.17. The Kier molecular flexibility index (Phi) is 3.86. The van der Waals surface area contributed by atoms with Gasteiger partial charge in [-0.25, -0.2) is 0 Å². The van der Waals surface area contributed by atoms with E-state index in [0.717, 1.165) is 24.2 Å². The molecule has 1 aliphatic heterocycles. The summed E-state index contributed by atoms with van der Waals surface area (Å²) in [6.07, 6.45) is 3.45. The zero-order valence-corrected chi connectivity index (χ0v) is 13.6. The summed E-state index contributed by atoms with van der Waals surface area (Å²) in [5, 5.41) is 4.50. The number of carbonyl (C=O) groups excluding carboxylic acids is 1. The number of hydrogen-bond acceptors (Lipinski definition) is 4. The molecule has 0 N–H and O–H groups in total. The Morgan fingerprint density at radius 3 is 2.92 bits per heavy atom. The Balaban J connectivity index is 1.60. The van der Waals surface area contributed by atoms with Crippen LogP contribution in [0.2, 0.25) is 5.02 Å². The van der Waals surface area contributed by atoms with E-state index in [1.54, 1.807) is 23.3 Å². The van der Waals surface area contributed by atoms with Crippen LogP contribution >= 0.6 is 11.6 Å². The average molecular weight is 343 g/mol. The van der Waals surface area contributed by atoms with Crippen molar-refractivity contribution in [3.05, 3.63) is 65.2 Å². The van der Waals surface area contributed by atoms with Crippen molar-refractivity contribution in [3.8, 4) is 11.3 Å². The van der Waals surface area contributed by atoms with Crippen LogP contribution in [0, 0.1) is 0 Å². The van der Waals surface area contributed by atoms with Crippen LogP contribution < -0.4 is 0 Å². The van der Waals surface area contributed by atoms with Crippen molar-refractivity contribution in [1.29, 1.82) is 0 Å². The highest BCUT2D eigenvalue weighted by Gasteiger charge is 2.33. The predicted molar refractivity (Wildman–Crippen MR) is 88.7 cm³/mol. The molecule has 0 bridgehead atoms. The molecular weight excluding hydrogens is 328 g/mol. The van der Waals surface area contributed by atoms with Crippen molar-refractivity contribution in [3.63, 3.8) is 0 Å². The lowest BCUT2D eigenvalue weighted by molar-refractivity contribution is 0.0709. The van der Waals surface area contributed by atoms with Gasteiger partial charge in [-0.05, 0) is 37.1 Å². The molecule has 1 atom stereocenters. The second-order valence-corrected chi connectivity index (χ2v) is 6.14. The summed E-state index contributed by atoms with van der Waals surface area (Å²) < 4.78 is 10.8. The van der Waals surface area contributed by atoms with E-state index in [9.17, 15) is 4.79 Å². The number of likely N-dealkylation sites (tertiary alicyclic amines) is 1. The molecule has 1 fully saturated rings. The van der Waals surface area contributed by atoms with Crippen LogP contribution in [-0.2, 0) is 0 Å². The van der Waals surface area contributed by atoms with E-state index in [0.29, 0.717) is 17.3 Å². The van der Waals surface area contributed by atoms with E-state index >= 15 is 0 Å². The smallest absolute Gasteiger partial charge is 0.276 e. The number of amides is 1. The molecule has 0 spiro atoms. The third-order valence-corrected chi connectivity index (χ3v) is 4.58. The summed E-state index contributed by atoms with van der Waals surface area (Å²) in [6, 6.07) is 12.6. The number of nitrogens with zero attached hydrogens (tertiary/aromatic N) is 2. The van der Waals surface area contributed by atoms with Crippen LogP contribution in [0.3, 0.4) is 0 Å². The van der Waals surface area contributed by atoms with Gasteiger partial charge in [-0.2, -0.15) is 0 Å². The largest absolute Gasteiger partial charge is 0.467 e. The van der Waals surface area contributed by atoms with E-state index in [4.69, 9.17) is 20.5 Å². The summed E-state index contributed by atoms with van der Waals surface area (Å²) in [7, 11) is 0. The first-order valence-electron chi connectivity index (χ1n) is 7.80. The standard InChI is InChI=1S/C18H15ClN2O3/c19-13-6-2-1-5-12(13)17-11-14(20-24-17)18(22)21-9-3-7-15(21)16-8-4-10-23-16/h1-2,4-6,8,10-11,15H,3,7,9H2. The summed E-state index contributed by atoms with van der Waals surface area (Å²) in [4.78, 5) is 14.6. The molecule has 24 heavy (non-hydrogen) atoms. The highest BCUT2D eigenvalue weighted by atomic mass is 35.5. The molecule has 2 aromatic heterocycles. The first kappa shape index (κ1) is 15.0. The van der Waals surface area contributed by atoms with Crippen LogP contribution in [0.15, 0.2) is 57.7 Å². The van der Waals surface area contributed by atoms with E-state index in [1.165, 1.54) is 0 Å². The van der Waals surface area contributed by atoms with Crippen LogP contribution in [0.1, 0.15) is 35.1 Å². The molecule has 1 unspecified atom stereocenters. The molecule has 3 aromatic rings. The fourth-order valence-corrected chi connectivity index (χ4v) is 3.33. The summed E-state index contributed by atoms with van der Waals surface area (Å²) in [5.41, 5.74) is 0.998. The Bertz CT molecular complexity index is 857. The minimum absolute atomic E-state index is 0.0482. The first-order chi connectivity index (χ1) is 11.7. The Labute approximate surface area is 143 Å². The van der Waals surface area contributed by atoms with Crippen molar-refractivity contribution in [1.82, 2.24) is 10.1 Å². The second kappa shape index (κ2) is 6.17. The molecule has 0 saturated carbocycles. The normalized spacial score (nSPS) is 17.4. The van der Waals surface area contributed by atoms with Crippen LogP contribution in [0.25, 0.3) is 11.3 Å². The molecule has 1 aromatic carbocycles. The number of halogens is 1. The van der Waals surface area contributed by atoms with Gasteiger partial charge in [0.05, 0.1) is 17.3 Å².